The smallest absolute Gasteiger partial charge is 0.248 e. The van der Waals surface area contributed by atoms with Crippen molar-refractivity contribution in [2.75, 3.05) is 25.5 Å². The van der Waals surface area contributed by atoms with Crippen molar-refractivity contribution in [3.8, 4) is 0 Å². The van der Waals surface area contributed by atoms with Gasteiger partial charge in [-0.15, -0.1) is 11.8 Å². The number of benzene rings is 1. The number of para-hydroxylation sites is 1. The molecule has 0 aromatic heterocycles. The number of aliphatic hydroxyl groups excluding tert-OH is 1. The zero-order chi connectivity index (χ0) is 21.6. The van der Waals surface area contributed by atoms with Crippen molar-refractivity contribution in [1.82, 2.24) is 10.2 Å². The van der Waals surface area contributed by atoms with Crippen LogP contribution in [0.2, 0.25) is 0 Å². The molecule has 162 valence electrons. The van der Waals surface area contributed by atoms with E-state index in [1.54, 1.807) is 23.7 Å². The summed E-state index contributed by atoms with van der Waals surface area (Å²) in [4.78, 5) is 41.4. The number of amides is 3. The minimum absolute atomic E-state index is 0.0542. The molecule has 0 aliphatic carbocycles. The van der Waals surface area contributed by atoms with Crippen molar-refractivity contribution in [2.45, 2.75) is 49.1 Å². The Morgan fingerprint density at radius 3 is 2.60 bits per heavy atom. The number of aliphatic hydroxyl groups is 1. The van der Waals surface area contributed by atoms with Gasteiger partial charge in [-0.1, -0.05) is 18.2 Å². The van der Waals surface area contributed by atoms with Crippen molar-refractivity contribution < 1.29 is 19.5 Å². The van der Waals surface area contributed by atoms with E-state index in [-0.39, 0.29) is 29.6 Å². The van der Waals surface area contributed by atoms with E-state index < -0.39 is 22.6 Å². The van der Waals surface area contributed by atoms with Gasteiger partial charge in [-0.3, -0.25) is 14.4 Å². The minimum atomic E-state index is -0.648. The van der Waals surface area contributed by atoms with Gasteiger partial charge in [0.15, 0.2) is 0 Å². The van der Waals surface area contributed by atoms with E-state index >= 15 is 0 Å². The van der Waals surface area contributed by atoms with Gasteiger partial charge in [0.25, 0.3) is 0 Å². The van der Waals surface area contributed by atoms with Crippen LogP contribution in [0.5, 0.6) is 0 Å². The largest absolute Gasteiger partial charge is 0.396 e. The average Bonchev–Trinajstić information content (AvgIpc) is 3.36. The van der Waals surface area contributed by atoms with Crippen LogP contribution in [0.1, 0.15) is 30.4 Å². The van der Waals surface area contributed by atoms with Gasteiger partial charge in [0.05, 0.1) is 16.6 Å². The Morgan fingerprint density at radius 1 is 1.27 bits per heavy atom. The first-order valence-corrected chi connectivity index (χ1v) is 11.4. The van der Waals surface area contributed by atoms with Crippen LogP contribution in [0, 0.1) is 25.7 Å². The summed E-state index contributed by atoms with van der Waals surface area (Å²) in [6, 6.07) is 5.20. The third-order valence-corrected chi connectivity index (χ3v) is 8.84. The molecule has 0 radical (unpaired) electrons. The fourth-order valence-electron chi connectivity index (χ4n) is 5.61. The summed E-state index contributed by atoms with van der Waals surface area (Å²) in [5.74, 6) is -1.35. The van der Waals surface area contributed by atoms with Gasteiger partial charge >= 0.3 is 0 Å². The molecule has 3 heterocycles. The Kier molecular flexibility index (Phi) is 5.57. The Bertz CT molecular complexity index is 871. The molecule has 7 nitrogen and oxygen atoms in total. The van der Waals surface area contributed by atoms with Crippen LogP contribution >= 0.6 is 11.8 Å². The van der Waals surface area contributed by atoms with E-state index in [4.69, 9.17) is 0 Å². The lowest BCUT2D eigenvalue weighted by molar-refractivity contribution is -0.139. The minimum Gasteiger partial charge on any atom is -0.396 e. The van der Waals surface area contributed by atoms with Crippen molar-refractivity contribution in [1.29, 1.82) is 0 Å². The highest BCUT2D eigenvalue weighted by Crippen LogP contribution is 2.66. The van der Waals surface area contributed by atoms with Crippen LogP contribution < -0.4 is 10.6 Å². The highest BCUT2D eigenvalue weighted by Gasteiger charge is 2.73. The standard InChI is InChI=1S/C22H29N3O4S/c1-12-6-4-7-13(2)17(12)24-20(28)18-22-9-8-14(30-22)15(19(27)23-3)16(22)21(29)25(18)10-5-11-26/h4,6-7,14-16,18,26H,5,8-11H2,1-3H3,(H,23,27)(H,24,28)/t14-,15+,16-,18?,22?/m0/s1. The first-order valence-electron chi connectivity index (χ1n) is 10.5. The van der Waals surface area contributed by atoms with Crippen LogP contribution in [-0.2, 0) is 14.4 Å². The number of fused-ring (bicyclic) bond motifs is 1. The van der Waals surface area contributed by atoms with Crippen molar-refractivity contribution in [3.63, 3.8) is 0 Å². The topological polar surface area (TPSA) is 98.7 Å². The normalized spacial score (nSPS) is 31.7. The molecular formula is C22H29N3O4S. The van der Waals surface area contributed by atoms with Gasteiger partial charge in [0.1, 0.15) is 6.04 Å². The zero-order valence-corrected chi connectivity index (χ0v) is 18.4. The molecule has 4 rings (SSSR count). The third-order valence-electron chi connectivity index (χ3n) is 6.88. The second-order valence-electron chi connectivity index (χ2n) is 8.54. The summed E-state index contributed by atoms with van der Waals surface area (Å²) in [5.41, 5.74) is 2.71. The van der Waals surface area contributed by atoms with Crippen LogP contribution in [0.15, 0.2) is 18.2 Å². The highest BCUT2D eigenvalue weighted by atomic mass is 32.2. The number of hydrogen-bond acceptors (Lipinski definition) is 5. The zero-order valence-electron chi connectivity index (χ0n) is 17.6. The molecule has 3 fully saturated rings. The molecule has 2 bridgehead atoms. The number of anilines is 1. The molecule has 1 spiro atoms. The molecule has 3 aliphatic heterocycles. The number of likely N-dealkylation sites (tertiary alicyclic amines) is 1. The number of carbonyl (C=O) groups is 3. The Balaban J connectivity index is 1.72. The lowest BCUT2D eigenvalue weighted by atomic mass is 9.70. The summed E-state index contributed by atoms with van der Waals surface area (Å²) in [6.45, 7) is 4.15. The van der Waals surface area contributed by atoms with Gasteiger partial charge < -0.3 is 20.6 Å². The number of nitrogens with zero attached hydrogens (tertiary/aromatic N) is 1. The first kappa shape index (κ1) is 21.2. The summed E-state index contributed by atoms with van der Waals surface area (Å²) in [7, 11) is 1.60. The lowest BCUT2D eigenvalue weighted by Crippen LogP contribution is -2.52. The van der Waals surface area contributed by atoms with E-state index in [2.05, 4.69) is 10.6 Å². The molecule has 3 N–H and O–H groups in total. The predicted octanol–water partition coefficient (Wildman–Crippen LogP) is 1.46. The average molecular weight is 432 g/mol. The molecule has 3 saturated heterocycles. The van der Waals surface area contributed by atoms with Gasteiger partial charge in [-0.05, 0) is 44.2 Å². The summed E-state index contributed by atoms with van der Waals surface area (Å²) in [5, 5.41) is 15.2. The molecular weight excluding hydrogens is 402 g/mol. The molecule has 2 unspecified atom stereocenters. The fraction of sp³-hybridized carbons (Fsp3) is 0.591. The Hall–Kier alpha value is -2.06. The number of rotatable bonds is 6. The molecule has 30 heavy (non-hydrogen) atoms. The molecule has 3 amide bonds. The van der Waals surface area contributed by atoms with E-state index in [1.165, 1.54) is 0 Å². The molecule has 5 atom stereocenters. The van der Waals surface area contributed by atoms with Crippen molar-refractivity contribution in [3.05, 3.63) is 29.3 Å². The number of carbonyl (C=O) groups excluding carboxylic acids is 3. The maximum atomic E-state index is 13.6. The second-order valence-corrected chi connectivity index (χ2v) is 10.1. The summed E-state index contributed by atoms with van der Waals surface area (Å²) < 4.78 is -0.588. The van der Waals surface area contributed by atoms with Gasteiger partial charge in [-0.2, -0.15) is 0 Å². The predicted molar refractivity (Wildman–Crippen MR) is 116 cm³/mol. The fourth-order valence-corrected chi connectivity index (χ4v) is 7.82. The maximum absolute atomic E-state index is 13.6. The van der Waals surface area contributed by atoms with Gasteiger partial charge in [-0.25, -0.2) is 0 Å². The highest BCUT2D eigenvalue weighted by molar-refractivity contribution is 8.02. The summed E-state index contributed by atoms with van der Waals surface area (Å²) >= 11 is 1.65. The maximum Gasteiger partial charge on any atom is 0.248 e. The lowest BCUT2D eigenvalue weighted by Gasteiger charge is -2.34. The first-order chi connectivity index (χ1) is 14.4. The van der Waals surface area contributed by atoms with Gasteiger partial charge in [0.2, 0.25) is 17.7 Å². The number of thioether (sulfide) groups is 1. The van der Waals surface area contributed by atoms with Crippen LogP contribution in [-0.4, -0.2) is 64.0 Å². The molecule has 1 aromatic carbocycles. The van der Waals surface area contributed by atoms with E-state index in [9.17, 15) is 19.5 Å². The Morgan fingerprint density at radius 2 is 1.97 bits per heavy atom. The number of aryl methyl sites for hydroxylation is 2. The molecule has 1 aromatic rings. The van der Waals surface area contributed by atoms with E-state index in [0.717, 1.165) is 29.7 Å². The quantitative estimate of drug-likeness (QED) is 0.633. The molecule has 0 saturated carbocycles. The Labute approximate surface area is 181 Å². The SMILES string of the molecule is CNC(=O)[C@@H]1[C@@H]2CCC3(S2)C(C(=O)Nc2c(C)cccc2C)N(CCCO)C(=O)[C@H]13. The van der Waals surface area contributed by atoms with Gasteiger partial charge in [0, 0.05) is 31.1 Å². The second kappa shape index (κ2) is 7.89. The van der Waals surface area contributed by atoms with E-state index in [1.807, 2.05) is 32.0 Å². The third kappa shape index (κ3) is 3.03. The molecule has 3 aliphatic rings. The monoisotopic (exact) mass is 431 g/mol. The van der Waals surface area contributed by atoms with Crippen LogP contribution in [0.4, 0.5) is 5.69 Å². The summed E-state index contributed by atoms with van der Waals surface area (Å²) in [6.07, 6.45) is 1.97. The molecule has 8 heteroatoms. The number of nitrogens with one attached hydrogen (secondary N) is 2. The van der Waals surface area contributed by atoms with Crippen molar-refractivity contribution >= 4 is 35.2 Å². The van der Waals surface area contributed by atoms with Crippen LogP contribution in [0.3, 0.4) is 0 Å². The van der Waals surface area contributed by atoms with Crippen molar-refractivity contribution in [2.24, 2.45) is 11.8 Å². The van der Waals surface area contributed by atoms with E-state index in [0.29, 0.717) is 13.0 Å². The number of hydrogen-bond donors (Lipinski definition) is 3. The van der Waals surface area contributed by atoms with Crippen LogP contribution in [0.25, 0.3) is 0 Å².